The summed E-state index contributed by atoms with van der Waals surface area (Å²) in [5.74, 6) is -0.176. The fourth-order valence-electron chi connectivity index (χ4n) is 6.82. The predicted molar refractivity (Wildman–Crippen MR) is 241 cm³/mol. The van der Waals surface area contributed by atoms with Crippen LogP contribution >= 0.6 is 11.3 Å². The van der Waals surface area contributed by atoms with Gasteiger partial charge in [-0.2, -0.15) is 0 Å². The number of nitrogens with zero attached hydrogens (tertiary/aromatic N) is 2. The van der Waals surface area contributed by atoms with Crippen LogP contribution in [-0.4, -0.2) is 75.5 Å². The van der Waals surface area contributed by atoms with Crippen LogP contribution in [0.5, 0.6) is 17.2 Å². The number of phenols is 2. The van der Waals surface area contributed by atoms with E-state index < -0.39 is 13.5 Å². The molecule has 5 rings (SSSR count). The number of rotatable bonds is 23. The van der Waals surface area contributed by atoms with Crippen LogP contribution in [0.1, 0.15) is 95.6 Å². The summed E-state index contributed by atoms with van der Waals surface area (Å²) >= 11 is 1.41. The number of thiophene rings is 1. The third-order valence-corrected chi connectivity index (χ3v) is 11.1. The lowest BCUT2D eigenvalue weighted by Crippen LogP contribution is -2.45. The molecule has 0 saturated carbocycles. The zero-order chi connectivity index (χ0) is 44.0. The van der Waals surface area contributed by atoms with Crippen LogP contribution in [0.2, 0.25) is 0 Å². The van der Waals surface area contributed by atoms with Gasteiger partial charge in [0.15, 0.2) is 18.1 Å². The molecule has 11 nitrogen and oxygen atoms in total. The number of halogens is 2. The second kappa shape index (κ2) is 21.8. The van der Waals surface area contributed by atoms with E-state index in [1.54, 1.807) is 42.5 Å². The van der Waals surface area contributed by atoms with Gasteiger partial charge in [-0.25, -0.2) is 4.99 Å². The summed E-state index contributed by atoms with van der Waals surface area (Å²) in [7, 11) is -2.68. The Balaban J connectivity index is 0.920. The standard InChI is InChI=1S/C46H56BF2N5O6S/c1-45(2,51-30-41(57)33-15-23-39(55)40(56)28-33)24-9-25-46(3,4)53-43(58)11-6-5-7-26-50-44(59)31-60-37-20-13-32(14-21-37)12-16-34-17-18-35(52-34)29-36-19-22-38(54(36)47(48)49)42-10-8-27-61-42/h8,10,12-23,27-29,41,51,55-57H,5-7,9,11,24-26,30-31H2,1-4H3,(H,50,59)(H,53,58)/b16-12+,35-29-/t41-/m0/s1. The lowest BCUT2D eigenvalue weighted by Gasteiger charge is -2.31. The first kappa shape index (κ1) is 46.6. The highest BCUT2D eigenvalue weighted by Crippen LogP contribution is 2.30. The largest absolute Gasteiger partial charge is 0.678 e. The summed E-state index contributed by atoms with van der Waals surface area (Å²) in [6, 6.07) is 18.6. The first-order valence-electron chi connectivity index (χ1n) is 20.5. The topological polar surface area (TPSA) is 157 Å². The molecular weight excluding hydrogens is 799 g/mol. The molecule has 2 aromatic heterocycles. The van der Waals surface area contributed by atoms with Gasteiger partial charge in [-0.3, -0.25) is 18.2 Å². The Kier molecular flexibility index (Phi) is 16.7. The van der Waals surface area contributed by atoms with Gasteiger partial charge in [0.2, 0.25) is 5.91 Å². The van der Waals surface area contributed by atoms with E-state index in [-0.39, 0.29) is 47.5 Å². The molecule has 2 aromatic carbocycles. The number of hydrogen-bond donors (Lipinski definition) is 6. The third kappa shape index (κ3) is 14.9. The summed E-state index contributed by atoms with van der Waals surface area (Å²) in [5.41, 5.74) is 2.88. The molecule has 2 amide bonds. The Morgan fingerprint density at radius 2 is 1.67 bits per heavy atom. The van der Waals surface area contributed by atoms with Gasteiger partial charge in [-0.15, -0.1) is 11.3 Å². The first-order valence-corrected chi connectivity index (χ1v) is 21.4. The average molecular weight is 856 g/mol. The number of unbranched alkanes of at least 4 members (excludes halogenated alkanes) is 2. The number of aromatic hydroxyl groups is 2. The van der Waals surface area contributed by atoms with Crippen LogP contribution in [0.15, 0.2) is 101 Å². The molecule has 15 heteroatoms. The monoisotopic (exact) mass is 855 g/mol. The summed E-state index contributed by atoms with van der Waals surface area (Å²) < 4.78 is 34.6. The minimum absolute atomic E-state index is 0.00262. The second-order valence-electron chi connectivity index (χ2n) is 16.4. The van der Waals surface area contributed by atoms with Gasteiger partial charge in [-0.05, 0) is 143 Å². The Bertz CT molecular complexity index is 2200. The number of benzene rings is 2. The van der Waals surface area contributed by atoms with Crippen LogP contribution in [0.4, 0.5) is 8.63 Å². The van der Waals surface area contributed by atoms with Crippen LogP contribution in [-0.2, 0) is 9.59 Å². The number of allylic oxidation sites excluding steroid dienone is 3. The Morgan fingerprint density at radius 3 is 2.39 bits per heavy atom. The lowest BCUT2D eigenvalue weighted by atomic mass is 9.90. The van der Waals surface area contributed by atoms with E-state index in [1.165, 1.54) is 23.5 Å². The van der Waals surface area contributed by atoms with Crippen molar-refractivity contribution in [2.24, 2.45) is 4.99 Å². The van der Waals surface area contributed by atoms with Crippen molar-refractivity contribution in [3.63, 3.8) is 0 Å². The van der Waals surface area contributed by atoms with Crippen LogP contribution in [0.3, 0.4) is 0 Å². The van der Waals surface area contributed by atoms with Gasteiger partial charge in [0.1, 0.15) is 5.75 Å². The fraction of sp³-hybridized carbons (Fsp3) is 0.370. The van der Waals surface area contributed by atoms with Crippen LogP contribution in [0.25, 0.3) is 22.7 Å². The molecule has 0 unspecified atom stereocenters. The number of β-amino-alcohol motifs (C(OH)–C–C–N with tert-alkyl or cyclic N) is 1. The van der Waals surface area contributed by atoms with Crippen molar-refractivity contribution in [1.29, 1.82) is 0 Å². The van der Waals surface area contributed by atoms with Crippen molar-refractivity contribution in [2.75, 3.05) is 19.7 Å². The van der Waals surface area contributed by atoms with E-state index in [4.69, 9.17) is 4.74 Å². The number of aromatic nitrogens is 1. The molecule has 0 radical (unpaired) electrons. The number of hydrogen-bond acceptors (Lipinski definition) is 9. The number of carbonyl (C=O) groups is 2. The predicted octanol–water partition coefficient (Wildman–Crippen LogP) is 8.69. The molecule has 3 heterocycles. The van der Waals surface area contributed by atoms with E-state index in [0.717, 1.165) is 47.0 Å². The maximum absolute atomic E-state index is 14.0. The van der Waals surface area contributed by atoms with Crippen molar-refractivity contribution in [3.05, 3.63) is 113 Å². The fourth-order valence-corrected chi connectivity index (χ4v) is 7.57. The van der Waals surface area contributed by atoms with E-state index in [9.17, 15) is 33.5 Å². The number of aliphatic hydroxyl groups excluding tert-OH is 1. The molecular formula is C46H56BF2N5O6S. The highest BCUT2D eigenvalue weighted by Gasteiger charge is 2.25. The summed E-state index contributed by atoms with van der Waals surface area (Å²) in [5, 5.41) is 41.0. The first-order chi connectivity index (χ1) is 29.1. The maximum Gasteiger partial charge on any atom is 0.678 e. The van der Waals surface area contributed by atoms with Crippen molar-refractivity contribution in [3.8, 4) is 27.8 Å². The molecule has 1 atom stereocenters. The minimum Gasteiger partial charge on any atom is -0.504 e. The molecule has 6 N–H and O–H groups in total. The molecule has 4 aromatic rings. The average Bonchev–Trinajstić information content (AvgIpc) is 4.00. The Morgan fingerprint density at radius 1 is 0.902 bits per heavy atom. The van der Waals surface area contributed by atoms with Gasteiger partial charge in [-0.1, -0.05) is 36.8 Å². The Hall–Kier alpha value is -5.51. The Labute approximate surface area is 361 Å². The van der Waals surface area contributed by atoms with Crippen LogP contribution < -0.4 is 20.7 Å². The molecule has 0 bridgehead atoms. The van der Waals surface area contributed by atoms with Crippen molar-refractivity contribution in [2.45, 2.75) is 89.8 Å². The van der Waals surface area contributed by atoms with Crippen LogP contribution in [0, 0.1) is 0 Å². The molecule has 0 spiro atoms. The SMILES string of the molecule is CC(C)(CCCC(C)(C)NC(=O)CCCCCNC(=O)COc1ccc(/C=C/C2=NC(=C\c3ccc(-c4cccs4)n3B(F)F)/C=C2)cc1)NC[C@H](O)c1ccc(O)c(O)c1. The molecule has 61 heavy (non-hydrogen) atoms. The molecule has 0 aliphatic carbocycles. The number of aliphatic imine (C=N–C) groups is 1. The highest BCUT2D eigenvalue weighted by molar-refractivity contribution is 7.13. The molecule has 0 fully saturated rings. The summed E-state index contributed by atoms with van der Waals surface area (Å²) in [4.78, 5) is 30.4. The van der Waals surface area contributed by atoms with Gasteiger partial charge in [0.25, 0.3) is 5.91 Å². The maximum atomic E-state index is 14.0. The number of carbonyl (C=O) groups excluding carboxylic acids is 2. The van der Waals surface area contributed by atoms with E-state index in [2.05, 4.69) is 34.8 Å². The molecule has 1 aliphatic rings. The van der Waals surface area contributed by atoms with E-state index in [1.807, 2.05) is 61.7 Å². The number of ether oxygens (including phenoxy) is 1. The van der Waals surface area contributed by atoms with Crippen molar-refractivity contribution in [1.82, 2.24) is 20.4 Å². The summed E-state index contributed by atoms with van der Waals surface area (Å²) in [6.45, 7) is 8.80. The number of nitrogens with one attached hydrogen (secondary N) is 3. The summed E-state index contributed by atoms with van der Waals surface area (Å²) in [6.07, 6.45) is 13.3. The number of aliphatic hydroxyl groups is 1. The number of phenolic OH excluding ortho intramolecular Hbond substituents is 2. The normalized spacial score (nSPS) is 14.1. The zero-order valence-electron chi connectivity index (χ0n) is 35.2. The van der Waals surface area contributed by atoms with Gasteiger partial charge in [0, 0.05) is 41.2 Å². The molecule has 0 saturated heterocycles. The molecule has 1 aliphatic heterocycles. The van der Waals surface area contributed by atoms with E-state index in [0.29, 0.717) is 53.5 Å². The lowest BCUT2D eigenvalue weighted by molar-refractivity contribution is -0.124. The van der Waals surface area contributed by atoms with Crippen molar-refractivity contribution < 1.29 is 38.3 Å². The van der Waals surface area contributed by atoms with Gasteiger partial charge >= 0.3 is 7.40 Å². The third-order valence-electron chi connectivity index (χ3n) is 10.2. The molecule has 324 valence electrons. The van der Waals surface area contributed by atoms with Gasteiger partial charge in [0.05, 0.1) is 23.2 Å². The van der Waals surface area contributed by atoms with E-state index >= 15 is 0 Å². The smallest absolute Gasteiger partial charge is 0.504 e. The number of amides is 2. The minimum atomic E-state index is -2.68. The quantitative estimate of drug-likeness (QED) is 0.0248. The zero-order valence-corrected chi connectivity index (χ0v) is 36.0. The van der Waals surface area contributed by atoms with Crippen molar-refractivity contribution >= 4 is 48.4 Å². The van der Waals surface area contributed by atoms with Gasteiger partial charge < -0.3 is 40.5 Å². The second-order valence-corrected chi connectivity index (χ2v) is 17.3. The highest BCUT2D eigenvalue weighted by atomic mass is 32.1.